The summed E-state index contributed by atoms with van der Waals surface area (Å²) in [5.74, 6) is 4.40. The van der Waals surface area contributed by atoms with Gasteiger partial charge in [-0.1, -0.05) is 334 Å². The number of hydrogen-bond donors (Lipinski definition) is 0. The molecule has 9 heteroatoms. The van der Waals surface area contributed by atoms with E-state index in [2.05, 4.69) is 385 Å². The molecule has 2 aliphatic carbocycles. The number of pyridine rings is 5. The van der Waals surface area contributed by atoms with E-state index in [-0.39, 0.29) is 0 Å². The van der Waals surface area contributed by atoms with Gasteiger partial charge in [-0.3, -0.25) is 14.5 Å². The van der Waals surface area contributed by atoms with Crippen LogP contribution in [0.1, 0.15) is 44.5 Å². The van der Waals surface area contributed by atoms with Crippen LogP contribution in [0.2, 0.25) is 0 Å². The van der Waals surface area contributed by atoms with Gasteiger partial charge < -0.3 is 9.47 Å². The molecule has 582 valence electrons. The maximum atomic E-state index is 7.21. The minimum Gasteiger partial charge on any atom is -0.456 e. The molecule has 0 radical (unpaired) electrons. The molecule has 8 heterocycles. The highest BCUT2D eigenvalue weighted by molar-refractivity contribution is 6.18. The summed E-state index contributed by atoms with van der Waals surface area (Å²) < 4.78 is 16.7. The van der Waals surface area contributed by atoms with Crippen LogP contribution in [0.15, 0.2) is 431 Å². The summed E-state index contributed by atoms with van der Waals surface area (Å²) in [6, 6.07) is 149. The van der Waals surface area contributed by atoms with Crippen molar-refractivity contribution in [3.63, 3.8) is 0 Å². The van der Waals surface area contributed by atoms with E-state index in [1.807, 2.05) is 48.5 Å². The number of rotatable bonds is 9. The van der Waals surface area contributed by atoms with Gasteiger partial charge >= 0.3 is 0 Å². The molecule has 22 aromatic rings. The fraction of sp³-hybridized carbons (Fsp3) is 0.0172. The summed E-state index contributed by atoms with van der Waals surface area (Å²) >= 11 is 0. The zero-order chi connectivity index (χ0) is 82.3. The molecule has 0 bridgehead atoms. The minimum atomic E-state index is -0.568. The number of ether oxygens (including phenoxy) is 2. The van der Waals surface area contributed by atoms with Crippen molar-refractivity contribution in [2.75, 3.05) is 0 Å². The molecule has 26 rings (SSSR count). The molecule has 16 aromatic carbocycles. The maximum Gasteiger partial charge on any atom is 0.145 e. The molecule has 0 saturated carbocycles. The Labute approximate surface area is 720 Å². The molecule has 0 saturated heterocycles. The van der Waals surface area contributed by atoms with Gasteiger partial charge in [0.05, 0.1) is 67.1 Å². The monoisotopic (exact) mass is 1590 g/mol. The van der Waals surface area contributed by atoms with Gasteiger partial charge in [-0.15, -0.1) is 0 Å². The zero-order valence-corrected chi connectivity index (χ0v) is 67.4. The third kappa shape index (κ3) is 11.1. The molecule has 0 amide bonds. The Kier molecular flexibility index (Phi) is 16.3. The maximum absolute atomic E-state index is 7.21. The lowest BCUT2D eigenvalue weighted by Gasteiger charge is -2.40. The molecular formula is C116H71N7O2. The molecule has 125 heavy (non-hydrogen) atoms. The zero-order valence-electron chi connectivity index (χ0n) is 67.4. The molecule has 4 aliphatic rings. The van der Waals surface area contributed by atoms with Crippen LogP contribution >= 0.6 is 0 Å². The lowest BCUT2D eigenvalue weighted by atomic mass is 9.65. The van der Waals surface area contributed by atoms with Gasteiger partial charge in [-0.25, -0.2) is 19.9 Å². The van der Waals surface area contributed by atoms with Crippen molar-refractivity contribution >= 4 is 54.4 Å². The topological polar surface area (TPSA) is 101 Å². The van der Waals surface area contributed by atoms with Gasteiger partial charge in [0.15, 0.2) is 0 Å². The normalized spacial score (nSPS) is 13.1. The Bertz CT molecular complexity index is 7990. The van der Waals surface area contributed by atoms with E-state index in [1.54, 1.807) is 12.4 Å². The lowest BCUT2D eigenvalue weighted by Crippen LogP contribution is -2.32. The highest BCUT2D eigenvalue weighted by atomic mass is 16.5. The highest BCUT2D eigenvalue weighted by Crippen LogP contribution is 2.66. The smallest absolute Gasteiger partial charge is 0.145 e. The number of para-hydroxylation sites is 5. The van der Waals surface area contributed by atoms with E-state index in [0.717, 1.165) is 195 Å². The van der Waals surface area contributed by atoms with Crippen molar-refractivity contribution in [2.45, 2.75) is 10.8 Å². The van der Waals surface area contributed by atoms with Crippen LogP contribution in [0.3, 0.4) is 0 Å². The predicted octanol–water partition coefficient (Wildman–Crippen LogP) is 28.6. The number of fused-ring (bicyclic) bond motifs is 27. The molecule has 9 nitrogen and oxygen atoms in total. The van der Waals surface area contributed by atoms with Crippen molar-refractivity contribution in [3.8, 4) is 141 Å². The number of imidazole rings is 1. The summed E-state index contributed by atoms with van der Waals surface area (Å²) in [6.45, 7) is 0. The van der Waals surface area contributed by atoms with Crippen LogP contribution < -0.4 is 9.47 Å². The summed E-state index contributed by atoms with van der Waals surface area (Å²) in [5.41, 5.74) is 33.3. The van der Waals surface area contributed by atoms with Crippen molar-refractivity contribution in [1.82, 2.24) is 34.5 Å². The van der Waals surface area contributed by atoms with E-state index >= 15 is 0 Å². The third-order valence-electron chi connectivity index (χ3n) is 25.9. The van der Waals surface area contributed by atoms with Gasteiger partial charge in [0.2, 0.25) is 0 Å². The first-order valence-electron chi connectivity index (χ1n) is 42.4. The lowest BCUT2D eigenvalue weighted by molar-refractivity contribution is 0.442. The molecule has 2 aliphatic heterocycles. The molecule has 0 fully saturated rings. The van der Waals surface area contributed by atoms with Crippen molar-refractivity contribution in [1.29, 1.82) is 0 Å². The average molecular weight is 1590 g/mol. The van der Waals surface area contributed by atoms with Crippen LogP contribution in [0.25, 0.3) is 172 Å². The fourth-order valence-electron chi connectivity index (χ4n) is 20.5. The number of hydrogen-bond acceptors (Lipinski definition) is 8. The molecule has 2 spiro atoms. The van der Waals surface area contributed by atoms with Gasteiger partial charge in [0, 0.05) is 89.3 Å². The Balaban J connectivity index is 0.000000137. The summed E-state index contributed by atoms with van der Waals surface area (Å²) in [7, 11) is 0. The predicted molar refractivity (Wildman–Crippen MR) is 505 cm³/mol. The van der Waals surface area contributed by atoms with Crippen LogP contribution in [0.4, 0.5) is 0 Å². The standard InChI is InChI=1S/C59H36N4O.C57H35N3O/c1-2-14-39(15-3-1)57-45-30-31-49-58(64-55-23-9-8-20-48(55)59(49)46-18-6-4-16-42(46)43-17-5-7-19-47(43)59)56(45)44-29-28-40(34-52(44)63-57)37-24-26-38(27-25-37)41-35-53(50-21-10-12-32-60-50)62-54(36-41)51-22-11-13-33-61-51;1-3-15-37(16-4-1)54-44-33-34-48-55(61-52-26-14-11-23-47(52)57(48)45-21-9-7-19-41(45)42-20-8-10-22-46(42)57)53(44)43-32-31-39(35-50(43)58-54)36-27-29-38(30-28-36)56-59-49-24-12-13-25-51(49)60(56)40-17-5-2-6-18-40/h1-36H;1-35H. The van der Waals surface area contributed by atoms with E-state index < -0.39 is 10.8 Å². The Hall–Kier alpha value is -16.6. The van der Waals surface area contributed by atoms with E-state index in [9.17, 15) is 0 Å². The largest absolute Gasteiger partial charge is 0.456 e. The SMILES string of the molecule is c1ccc(-c2nc3cc(-c4ccc(-c5cc(-c6ccccn6)nc(-c6ccccn6)c5)cc4)ccc3c3c4c(ccc23)C2(c3ccccc3O4)c3ccccc3-c3ccccc32)cc1.c1ccc(-c2nc3cc(-c4ccc(-c5nc6ccccc6n5-c5ccccc5)cc4)ccc3c3c4c(ccc23)C2(c3ccccc3O4)c3ccccc3-c3ccccc32)cc1. The van der Waals surface area contributed by atoms with Crippen molar-refractivity contribution in [3.05, 3.63) is 475 Å². The number of benzene rings is 16. The fourth-order valence-corrected chi connectivity index (χ4v) is 20.5. The molecule has 0 unspecified atom stereocenters. The Morgan fingerprint density at radius 2 is 0.592 bits per heavy atom. The summed E-state index contributed by atoms with van der Waals surface area (Å²) in [6.07, 6.45) is 3.60. The average Bonchev–Trinajstić information content (AvgIpc) is 1.55. The van der Waals surface area contributed by atoms with Crippen LogP contribution in [0.5, 0.6) is 23.0 Å². The van der Waals surface area contributed by atoms with E-state index in [0.29, 0.717) is 0 Å². The highest BCUT2D eigenvalue weighted by Gasteiger charge is 2.53. The summed E-state index contributed by atoms with van der Waals surface area (Å²) in [5, 5.41) is 6.34. The number of nitrogens with zero attached hydrogens (tertiary/aromatic N) is 7. The molecular weight excluding hydrogens is 1520 g/mol. The Morgan fingerprint density at radius 3 is 1.04 bits per heavy atom. The molecule has 6 aromatic heterocycles. The minimum absolute atomic E-state index is 0.559. The quantitative estimate of drug-likeness (QED) is 0.132. The van der Waals surface area contributed by atoms with Gasteiger partial charge in [-0.05, 0) is 163 Å². The van der Waals surface area contributed by atoms with Crippen molar-refractivity contribution < 1.29 is 9.47 Å². The van der Waals surface area contributed by atoms with E-state index in [4.69, 9.17) is 29.4 Å². The first-order valence-corrected chi connectivity index (χ1v) is 42.4. The van der Waals surface area contributed by atoms with Gasteiger partial charge in [-0.2, -0.15) is 0 Å². The molecule has 0 N–H and O–H groups in total. The second-order valence-corrected chi connectivity index (χ2v) is 32.5. The van der Waals surface area contributed by atoms with Gasteiger partial charge in [0.1, 0.15) is 28.8 Å². The number of aromatic nitrogens is 7. The molecule has 0 atom stereocenters. The second kappa shape index (κ2) is 28.5. The third-order valence-corrected chi connectivity index (χ3v) is 25.9. The Morgan fingerprint density at radius 1 is 0.224 bits per heavy atom. The van der Waals surface area contributed by atoms with Gasteiger partial charge in [0.25, 0.3) is 0 Å². The second-order valence-electron chi connectivity index (χ2n) is 32.5. The van der Waals surface area contributed by atoms with Crippen molar-refractivity contribution in [2.24, 2.45) is 0 Å². The van der Waals surface area contributed by atoms with Crippen LogP contribution in [-0.2, 0) is 10.8 Å². The van der Waals surface area contributed by atoms with Crippen LogP contribution in [0, 0.1) is 0 Å². The van der Waals surface area contributed by atoms with Crippen LogP contribution in [-0.4, -0.2) is 34.5 Å². The summed E-state index contributed by atoms with van der Waals surface area (Å²) in [4.78, 5) is 30.3. The van der Waals surface area contributed by atoms with E-state index in [1.165, 1.54) is 44.5 Å². The first-order chi connectivity index (χ1) is 62.0. The first kappa shape index (κ1) is 71.3.